The zero-order valence-electron chi connectivity index (χ0n) is 18.0. The Bertz CT molecular complexity index is 1250. The highest BCUT2D eigenvalue weighted by Gasteiger charge is 2.23. The van der Waals surface area contributed by atoms with Crippen LogP contribution in [0.15, 0.2) is 30.5 Å². The van der Waals surface area contributed by atoms with Crippen molar-refractivity contribution in [3.05, 3.63) is 36.3 Å². The maximum atomic E-state index is 14.5. The average molecular weight is 423 g/mol. The SMILES string of the molecule is COc1cc(N2C[C@H](C)N[C@@H](C)C2)cc2[nH]nc(Nc3cc(F)c4nn(C)cc4c3)c12. The number of rotatable bonds is 4. The molecule has 8 nitrogen and oxygen atoms in total. The summed E-state index contributed by atoms with van der Waals surface area (Å²) < 4.78 is 21.8. The number of nitrogens with one attached hydrogen (secondary N) is 3. The number of piperazine rings is 1. The molecule has 1 saturated heterocycles. The second kappa shape index (κ2) is 7.42. The average Bonchev–Trinajstić information content (AvgIpc) is 3.30. The second-order valence-corrected chi connectivity index (χ2v) is 8.34. The molecule has 5 rings (SSSR count). The fraction of sp³-hybridized carbons (Fsp3) is 0.364. The highest BCUT2D eigenvalue weighted by atomic mass is 19.1. The minimum absolute atomic E-state index is 0.349. The van der Waals surface area contributed by atoms with Gasteiger partial charge in [-0.15, -0.1) is 0 Å². The number of methoxy groups -OCH3 is 1. The fourth-order valence-electron chi connectivity index (χ4n) is 4.50. The van der Waals surface area contributed by atoms with Crippen molar-refractivity contribution >= 4 is 39.0 Å². The number of nitrogens with zero attached hydrogens (tertiary/aromatic N) is 4. The minimum atomic E-state index is -0.378. The quantitative estimate of drug-likeness (QED) is 0.466. The lowest BCUT2D eigenvalue weighted by Gasteiger charge is -2.37. The van der Waals surface area contributed by atoms with Crippen LogP contribution in [-0.2, 0) is 7.05 Å². The summed E-state index contributed by atoms with van der Waals surface area (Å²) in [6.45, 7) is 6.22. The molecule has 1 fully saturated rings. The third kappa shape index (κ3) is 3.54. The van der Waals surface area contributed by atoms with E-state index in [-0.39, 0.29) is 5.82 Å². The molecule has 0 spiro atoms. The van der Waals surface area contributed by atoms with Crippen LogP contribution >= 0.6 is 0 Å². The summed E-state index contributed by atoms with van der Waals surface area (Å²) in [6, 6.07) is 8.23. The van der Waals surface area contributed by atoms with Crippen LogP contribution in [0.4, 0.5) is 21.6 Å². The van der Waals surface area contributed by atoms with Crippen LogP contribution < -0.4 is 20.3 Å². The number of aromatic amines is 1. The van der Waals surface area contributed by atoms with Gasteiger partial charge in [0.15, 0.2) is 11.6 Å². The van der Waals surface area contributed by atoms with Crippen LogP contribution in [0, 0.1) is 5.82 Å². The Labute approximate surface area is 179 Å². The number of aromatic nitrogens is 4. The molecule has 2 aromatic carbocycles. The predicted octanol–water partition coefficient (Wildman–Crippen LogP) is 3.53. The van der Waals surface area contributed by atoms with E-state index in [0.29, 0.717) is 34.9 Å². The van der Waals surface area contributed by atoms with E-state index in [0.717, 1.165) is 35.1 Å². The van der Waals surface area contributed by atoms with Gasteiger partial charge in [-0.2, -0.15) is 10.2 Å². The summed E-state index contributed by atoms with van der Waals surface area (Å²) in [5, 5.41) is 20.0. The van der Waals surface area contributed by atoms with E-state index in [1.807, 2.05) is 12.1 Å². The first-order valence-corrected chi connectivity index (χ1v) is 10.4. The largest absolute Gasteiger partial charge is 0.496 e. The van der Waals surface area contributed by atoms with Gasteiger partial charge in [0.25, 0.3) is 0 Å². The van der Waals surface area contributed by atoms with E-state index in [9.17, 15) is 4.39 Å². The number of anilines is 3. The summed E-state index contributed by atoms with van der Waals surface area (Å²) >= 11 is 0. The molecule has 4 aromatic rings. The first-order chi connectivity index (χ1) is 14.9. The Morgan fingerprint density at radius 2 is 1.94 bits per heavy atom. The lowest BCUT2D eigenvalue weighted by atomic mass is 10.1. The van der Waals surface area contributed by atoms with Crippen molar-refractivity contribution in [3.8, 4) is 5.75 Å². The molecule has 0 aliphatic carbocycles. The summed E-state index contributed by atoms with van der Waals surface area (Å²) in [4.78, 5) is 2.35. The molecule has 2 aromatic heterocycles. The zero-order chi connectivity index (χ0) is 21.7. The van der Waals surface area contributed by atoms with E-state index < -0.39 is 0 Å². The fourth-order valence-corrected chi connectivity index (χ4v) is 4.50. The van der Waals surface area contributed by atoms with Crippen LogP contribution in [-0.4, -0.2) is 52.3 Å². The molecule has 0 amide bonds. The van der Waals surface area contributed by atoms with Gasteiger partial charge >= 0.3 is 0 Å². The molecule has 1 aliphatic rings. The summed E-state index contributed by atoms with van der Waals surface area (Å²) in [6.07, 6.45) is 1.79. The first-order valence-electron chi connectivity index (χ1n) is 10.4. The molecule has 1 aliphatic heterocycles. The van der Waals surface area contributed by atoms with Crippen molar-refractivity contribution < 1.29 is 9.13 Å². The number of H-pyrrole nitrogens is 1. The smallest absolute Gasteiger partial charge is 0.163 e. The van der Waals surface area contributed by atoms with Crippen molar-refractivity contribution in [3.63, 3.8) is 0 Å². The van der Waals surface area contributed by atoms with E-state index >= 15 is 0 Å². The van der Waals surface area contributed by atoms with Gasteiger partial charge in [-0.1, -0.05) is 0 Å². The Morgan fingerprint density at radius 1 is 1.16 bits per heavy atom. The number of fused-ring (bicyclic) bond motifs is 2. The van der Waals surface area contributed by atoms with Gasteiger partial charge in [0, 0.05) is 61.2 Å². The summed E-state index contributed by atoms with van der Waals surface area (Å²) in [7, 11) is 3.43. The van der Waals surface area contributed by atoms with E-state index in [2.05, 4.69) is 50.7 Å². The van der Waals surface area contributed by atoms with Crippen LogP contribution in [0.3, 0.4) is 0 Å². The number of ether oxygens (including phenoxy) is 1. The number of benzene rings is 2. The number of aryl methyl sites for hydroxylation is 1. The van der Waals surface area contributed by atoms with Crippen molar-refractivity contribution in [2.45, 2.75) is 25.9 Å². The maximum absolute atomic E-state index is 14.5. The Kier molecular flexibility index (Phi) is 4.70. The summed E-state index contributed by atoms with van der Waals surface area (Å²) in [5.74, 6) is 0.922. The zero-order valence-corrected chi connectivity index (χ0v) is 18.0. The van der Waals surface area contributed by atoms with E-state index in [4.69, 9.17) is 4.74 Å². The van der Waals surface area contributed by atoms with Gasteiger partial charge in [-0.05, 0) is 32.0 Å². The third-order valence-corrected chi connectivity index (χ3v) is 5.69. The molecular formula is C22H26FN7O. The normalized spacial score (nSPS) is 19.3. The van der Waals surface area contributed by atoms with E-state index in [1.54, 1.807) is 25.0 Å². The van der Waals surface area contributed by atoms with Crippen LogP contribution in [0.1, 0.15) is 13.8 Å². The van der Waals surface area contributed by atoms with Gasteiger partial charge < -0.3 is 20.3 Å². The van der Waals surface area contributed by atoms with Crippen LogP contribution in [0.5, 0.6) is 5.75 Å². The van der Waals surface area contributed by atoms with Gasteiger partial charge in [0.05, 0.1) is 18.0 Å². The lowest BCUT2D eigenvalue weighted by molar-refractivity contribution is 0.404. The highest BCUT2D eigenvalue weighted by Crippen LogP contribution is 2.37. The third-order valence-electron chi connectivity index (χ3n) is 5.69. The standard InChI is InChI=1S/C22H26FN7O/c1-12-9-30(10-13(2)24-12)16-7-18-20(19(8-16)31-4)22(27-26-18)25-15-5-14-11-29(3)28-21(14)17(23)6-15/h5-8,11-13,24H,9-10H2,1-4H3,(H2,25,26,27)/t12-,13-/m0/s1. The number of hydrogen-bond donors (Lipinski definition) is 3. The molecule has 3 heterocycles. The van der Waals surface area contributed by atoms with Crippen molar-refractivity contribution in [1.82, 2.24) is 25.3 Å². The first kappa shape index (κ1) is 19.6. The minimum Gasteiger partial charge on any atom is -0.496 e. The number of halogens is 1. The van der Waals surface area contributed by atoms with Crippen LogP contribution in [0.2, 0.25) is 0 Å². The monoisotopic (exact) mass is 423 g/mol. The molecule has 31 heavy (non-hydrogen) atoms. The van der Waals surface area contributed by atoms with Crippen molar-refractivity contribution in [2.75, 3.05) is 30.4 Å². The van der Waals surface area contributed by atoms with Gasteiger partial charge in [-0.3, -0.25) is 9.78 Å². The topological polar surface area (TPSA) is 83.0 Å². The Hall–Kier alpha value is -3.33. The van der Waals surface area contributed by atoms with E-state index in [1.165, 1.54) is 6.07 Å². The molecule has 0 radical (unpaired) electrons. The summed E-state index contributed by atoms with van der Waals surface area (Å²) in [5.41, 5.74) is 2.89. The molecule has 162 valence electrons. The molecular weight excluding hydrogens is 397 g/mol. The molecule has 9 heteroatoms. The van der Waals surface area contributed by atoms with Gasteiger partial charge in [0.1, 0.15) is 11.3 Å². The predicted molar refractivity (Wildman–Crippen MR) is 121 cm³/mol. The number of hydrogen-bond acceptors (Lipinski definition) is 6. The van der Waals surface area contributed by atoms with Gasteiger partial charge in [0.2, 0.25) is 0 Å². The highest BCUT2D eigenvalue weighted by molar-refractivity contribution is 5.99. The molecule has 0 saturated carbocycles. The molecule has 0 unspecified atom stereocenters. The molecule has 0 bridgehead atoms. The van der Waals surface area contributed by atoms with Crippen molar-refractivity contribution in [2.24, 2.45) is 7.05 Å². The molecule has 2 atom stereocenters. The van der Waals surface area contributed by atoms with Gasteiger partial charge in [-0.25, -0.2) is 4.39 Å². The Morgan fingerprint density at radius 3 is 2.68 bits per heavy atom. The lowest BCUT2D eigenvalue weighted by Crippen LogP contribution is -2.54. The van der Waals surface area contributed by atoms with Crippen molar-refractivity contribution in [1.29, 1.82) is 0 Å². The second-order valence-electron chi connectivity index (χ2n) is 8.34. The maximum Gasteiger partial charge on any atom is 0.163 e. The Balaban J connectivity index is 1.52. The van der Waals surface area contributed by atoms with Crippen LogP contribution in [0.25, 0.3) is 21.8 Å². The molecule has 3 N–H and O–H groups in total.